The molecule has 1 heterocycles. The Kier molecular flexibility index (Phi) is 4.59. The number of carbonyl (C=O) groups is 1. The van der Waals surface area contributed by atoms with Gasteiger partial charge in [-0.05, 0) is 32.2 Å². The summed E-state index contributed by atoms with van der Waals surface area (Å²) in [6, 6.07) is 0.199. The van der Waals surface area contributed by atoms with Crippen molar-refractivity contribution < 1.29 is 4.79 Å². The molecule has 104 valence electrons. The van der Waals surface area contributed by atoms with Gasteiger partial charge in [-0.1, -0.05) is 6.92 Å². The summed E-state index contributed by atoms with van der Waals surface area (Å²) < 4.78 is 0. The topological polar surface area (TPSA) is 61.6 Å². The van der Waals surface area contributed by atoms with Crippen molar-refractivity contribution >= 4 is 5.91 Å². The van der Waals surface area contributed by atoms with E-state index in [-0.39, 0.29) is 17.9 Å². The lowest BCUT2D eigenvalue weighted by Gasteiger charge is -2.36. The van der Waals surface area contributed by atoms with Crippen molar-refractivity contribution in [2.45, 2.75) is 32.2 Å². The first-order valence-electron chi connectivity index (χ1n) is 7.06. The van der Waals surface area contributed by atoms with Gasteiger partial charge in [-0.25, -0.2) is 5.01 Å². The molecule has 5 heteroatoms. The second kappa shape index (κ2) is 5.99. The van der Waals surface area contributed by atoms with Crippen molar-refractivity contribution in [3.8, 4) is 0 Å². The molecule has 3 atom stereocenters. The summed E-state index contributed by atoms with van der Waals surface area (Å²) in [7, 11) is 2.11. The first-order valence-corrected chi connectivity index (χ1v) is 7.06. The molecule has 1 saturated carbocycles. The van der Waals surface area contributed by atoms with Crippen molar-refractivity contribution in [1.29, 1.82) is 0 Å². The summed E-state index contributed by atoms with van der Waals surface area (Å²) >= 11 is 0. The molecule has 1 saturated heterocycles. The van der Waals surface area contributed by atoms with Crippen molar-refractivity contribution in [1.82, 2.24) is 15.3 Å². The summed E-state index contributed by atoms with van der Waals surface area (Å²) in [4.78, 5) is 14.6. The van der Waals surface area contributed by atoms with Gasteiger partial charge in [0.25, 0.3) is 0 Å². The average molecular weight is 254 g/mol. The lowest BCUT2D eigenvalue weighted by molar-refractivity contribution is -0.133. The second-order valence-corrected chi connectivity index (χ2v) is 5.92. The standard InChI is InChI=1S/C13H26N4O/c1-10-3-4-11(14)9-12(10)13(18)15-17-7-5-16(2)6-8-17/h10-12H,3-9,14H2,1-2H3,(H,15,18). The third kappa shape index (κ3) is 3.43. The number of nitrogens with zero attached hydrogens (tertiary/aromatic N) is 2. The minimum atomic E-state index is 0.0911. The smallest absolute Gasteiger partial charge is 0.237 e. The molecule has 1 amide bonds. The van der Waals surface area contributed by atoms with Gasteiger partial charge in [-0.15, -0.1) is 0 Å². The predicted octanol–water partition coefficient (Wildman–Crippen LogP) is 0.0285. The molecule has 1 aliphatic heterocycles. The van der Waals surface area contributed by atoms with E-state index in [9.17, 15) is 4.79 Å². The monoisotopic (exact) mass is 254 g/mol. The van der Waals surface area contributed by atoms with Crippen molar-refractivity contribution in [3.63, 3.8) is 0 Å². The molecule has 3 N–H and O–H groups in total. The van der Waals surface area contributed by atoms with Gasteiger partial charge >= 0.3 is 0 Å². The van der Waals surface area contributed by atoms with Crippen LogP contribution < -0.4 is 11.2 Å². The van der Waals surface area contributed by atoms with Gasteiger partial charge < -0.3 is 10.6 Å². The Balaban J connectivity index is 1.83. The average Bonchev–Trinajstić information content (AvgIpc) is 2.35. The highest BCUT2D eigenvalue weighted by Gasteiger charge is 2.32. The summed E-state index contributed by atoms with van der Waals surface area (Å²) in [6.45, 7) is 6.02. The second-order valence-electron chi connectivity index (χ2n) is 5.92. The van der Waals surface area contributed by atoms with E-state index in [4.69, 9.17) is 5.73 Å². The first-order chi connectivity index (χ1) is 8.56. The maximum absolute atomic E-state index is 12.3. The highest BCUT2D eigenvalue weighted by atomic mass is 16.2. The van der Waals surface area contributed by atoms with Gasteiger partial charge in [0.1, 0.15) is 0 Å². The van der Waals surface area contributed by atoms with E-state index in [1.54, 1.807) is 0 Å². The fourth-order valence-corrected chi connectivity index (χ4v) is 2.88. The SMILES string of the molecule is CC1CCC(N)CC1C(=O)NN1CCN(C)CC1. The fraction of sp³-hybridized carbons (Fsp3) is 0.923. The van der Waals surface area contributed by atoms with Crippen LogP contribution in [0.4, 0.5) is 0 Å². The molecular weight excluding hydrogens is 228 g/mol. The summed E-state index contributed by atoms with van der Waals surface area (Å²) in [5.41, 5.74) is 9.05. The molecule has 1 aliphatic carbocycles. The van der Waals surface area contributed by atoms with Crippen LogP contribution in [0.3, 0.4) is 0 Å². The first kappa shape index (κ1) is 13.8. The van der Waals surface area contributed by atoms with Crippen LogP contribution in [-0.2, 0) is 4.79 Å². The van der Waals surface area contributed by atoms with Gasteiger partial charge in [-0.2, -0.15) is 0 Å². The Morgan fingerprint density at radius 2 is 1.89 bits per heavy atom. The molecule has 0 bridgehead atoms. The number of hydrogen-bond acceptors (Lipinski definition) is 4. The largest absolute Gasteiger partial charge is 0.328 e. The summed E-state index contributed by atoms with van der Waals surface area (Å²) in [6.07, 6.45) is 2.96. The van der Waals surface area contributed by atoms with Crippen molar-refractivity contribution in [3.05, 3.63) is 0 Å². The number of hydrogen-bond donors (Lipinski definition) is 2. The molecule has 3 unspecified atom stereocenters. The van der Waals surface area contributed by atoms with Crippen LogP contribution in [0.5, 0.6) is 0 Å². The van der Waals surface area contributed by atoms with E-state index in [0.29, 0.717) is 5.92 Å². The number of nitrogens with one attached hydrogen (secondary N) is 1. The van der Waals surface area contributed by atoms with Gasteiger partial charge in [0.2, 0.25) is 5.91 Å². The number of likely N-dealkylation sites (N-methyl/N-ethyl adjacent to an activating group) is 1. The number of piperazine rings is 1. The Morgan fingerprint density at radius 1 is 1.22 bits per heavy atom. The lowest BCUT2D eigenvalue weighted by Crippen LogP contribution is -2.55. The zero-order chi connectivity index (χ0) is 13.1. The van der Waals surface area contributed by atoms with Gasteiger partial charge in [0.15, 0.2) is 0 Å². The van der Waals surface area contributed by atoms with Crippen molar-refractivity contribution in [2.75, 3.05) is 33.2 Å². The van der Waals surface area contributed by atoms with Crippen LogP contribution in [-0.4, -0.2) is 55.1 Å². The minimum absolute atomic E-state index is 0.0911. The molecule has 0 aromatic carbocycles. The quantitative estimate of drug-likeness (QED) is 0.730. The zero-order valence-corrected chi connectivity index (χ0v) is 11.6. The Hall–Kier alpha value is -0.650. The maximum atomic E-state index is 12.3. The molecule has 0 aromatic rings. The van der Waals surface area contributed by atoms with Crippen molar-refractivity contribution in [2.24, 2.45) is 17.6 Å². The molecule has 0 aromatic heterocycles. The number of nitrogens with two attached hydrogens (primary N) is 1. The van der Waals surface area contributed by atoms with E-state index in [1.807, 2.05) is 0 Å². The lowest BCUT2D eigenvalue weighted by atomic mass is 9.78. The summed E-state index contributed by atoms with van der Waals surface area (Å²) in [5.74, 6) is 0.716. The van der Waals surface area contributed by atoms with E-state index in [0.717, 1.165) is 45.4 Å². The van der Waals surface area contributed by atoms with Crippen LogP contribution in [0.15, 0.2) is 0 Å². The predicted molar refractivity (Wildman–Crippen MR) is 71.7 cm³/mol. The summed E-state index contributed by atoms with van der Waals surface area (Å²) in [5, 5.41) is 2.05. The zero-order valence-electron chi connectivity index (χ0n) is 11.6. The van der Waals surface area contributed by atoms with Gasteiger partial charge in [0.05, 0.1) is 0 Å². The van der Waals surface area contributed by atoms with E-state index >= 15 is 0 Å². The maximum Gasteiger partial charge on any atom is 0.237 e. The van der Waals surface area contributed by atoms with Crippen LogP contribution in [0.1, 0.15) is 26.2 Å². The molecule has 0 spiro atoms. The number of rotatable bonds is 2. The third-order valence-electron chi connectivity index (χ3n) is 4.34. The molecule has 2 fully saturated rings. The Bertz CT molecular complexity index is 289. The molecule has 2 aliphatic rings. The molecular formula is C13H26N4O. The fourth-order valence-electron chi connectivity index (χ4n) is 2.88. The number of amides is 1. The van der Waals surface area contributed by atoms with E-state index < -0.39 is 0 Å². The normalized spacial score (nSPS) is 35.4. The van der Waals surface area contributed by atoms with Crippen LogP contribution in [0.2, 0.25) is 0 Å². The molecule has 5 nitrogen and oxygen atoms in total. The highest BCUT2D eigenvalue weighted by Crippen LogP contribution is 2.29. The van der Waals surface area contributed by atoms with Gasteiger partial charge in [0, 0.05) is 38.1 Å². The Morgan fingerprint density at radius 3 is 2.56 bits per heavy atom. The van der Waals surface area contributed by atoms with Crippen LogP contribution in [0, 0.1) is 11.8 Å². The minimum Gasteiger partial charge on any atom is -0.328 e. The molecule has 18 heavy (non-hydrogen) atoms. The number of hydrazine groups is 1. The number of carbonyl (C=O) groups excluding carboxylic acids is 1. The molecule has 2 rings (SSSR count). The van der Waals surface area contributed by atoms with E-state index in [1.165, 1.54) is 0 Å². The van der Waals surface area contributed by atoms with Crippen LogP contribution in [0.25, 0.3) is 0 Å². The highest BCUT2D eigenvalue weighted by molar-refractivity contribution is 5.78. The Labute approximate surface area is 110 Å². The molecule has 0 radical (unpaired) electrons. The van der Waals surface area contributed by atoms with Crippen LogP contribution >= 0.6 is 0 Å². The third-order valence-corrected chi connectivity index (χ3v) is 4.34. The van der Waals surface area contributed by atoms with E-state index in [2.05, 4.69) is 29.3 Å². The van der Waals surface area contributed by atoms with Gasteiger partial charge in [-0.3, -0.25) is 10.2 Å².